The molecule has 23 heavy (non-hydrogen) atoms. The number of aromatic carboxylic acids is 1. The van der Waals surface area contributed by atoms with Crippen LogP contribution in [0.2, 0.25) is 0 Å². The molecule has 6 nitrogen and oxygen atoms in total. The molecule has 1 aromatic heterocycles. The number of hydrogen-bond acceptors (Lipinski definition) is 5. The third kappa shape index (κ3) is 3.29. The van der Waals surface area contributed by atoms with Crippen molar-refractivity contribution >= 4 is 28.9 Å². The van der Waals surface area contributed by atoms with Gasteiger partial charge < -0.3 is 19.9 Å². The van der Waals surface area contributed by atoms with Crippen molar-refractivity contribution in [3.63, 3.8) is 0 Å². The van der Waals surface area contributed by atoms with Crippen LogP contribution in [0.15, 0.2) is 17.5 Å². The van der Waals surface area contributed by atoms with E-state index in [1.54, 1.807) is 5.38 Å². The van der Waals surface area contributed by atoms with Crippen LogP contribution in [0.3, 0.4) is 0 Å². The average molecular weight is 335 g/mol. The van der Waals surface area contributed by atoms with Gasteiger partial charge in [-0.1, -0.05) is 0 Å². The Bertz CT molecular complexity index is 766. The van der Waals surface area contributed by atoms with Gasteiger partial charge in [0, 0.05) is 22.4 Å². The highest BCUT2D eigenvalue weighted by Gasteiger charge is 2.20. The van der Waals surface area contributed by atoms with Gasteiger partial charge in [0.15, 0.2) is 11.5 Å². The standard InChI is InChI=1S/C16H17NO5S/c1-8-9(2)23-7-11(8)15(18)17-12-6-14(22-4)13(21-3)5-10(12)16(19)20/h5-7H,1-4H3,(H,17,18)(H,19,20). The maximum atomic E-state index is 12.4. The Hall–Kier alpha value is -2.54. The second-order valence-electron chi connectivity index (χ2n) is 4.84. The summed E-state index contributed by atoms with van der Waals surface area (Å²) < 4.78 is 10.3. The molecule has 122 valence electrons. The molecule has 1 heterocycles. The van der Waals surface area contributed by atoms with E-state index in [0.717, 1.165) is 10.4 Å². The van der Waals surface area contributed by atoms with Crippen LogP contribution in [-0.2, 0) is 0 Å². The minimum Gasteiger partial charge on any atom is -0.493 e. The lowest BCUT2D eigenvalue weighted by Crippen LogP contribution is -2.15. The first-order chi connectivity index (χ1) is 10.9. The summed E-state index contributed by atoms with van der Waals surface area (Å²) in [6.07, 6.45) is 0. The SMILES string of the molecule is COc1cc(NC(=O)c2csc(C)c2C)c(C(=O)O)cc1OC. The van der Waals surface area contributed by atoms with Gasteiger partial charge in [-0.3, -0.25) is 4.79 Å². The molecule has 2 aromatic rings. The number of amides is 1. The molecule has 0 aliphatic carbocycles. The van der Waals surface area contributed by atoms with E-state index >= 15 is 0 Å². The first kappa shape index (κ1) is 16.8. The number of thiophene rings is 1. The number of nitrogens with one attached hydrogen (secondary N) is 1. The number of carbonyl (C=O) groups excluding carboxylic acids is 1. The molecule has 0 spiro atoms. The Balaban J connectivity index is 2.43. The van der Waals surface area contributed by atoms with Crippen molar-refractivity contribution in [3.05, 3.63) is 39.1 Å². The summed E-state index contributed by atoms with van der Waals surface area (Å²) in [5.41, 5.74) is 1.49. The van der Waals surface area contributed by atoms with Crippen molar-refractivity contribution in [1.29, 1.82) is 0 Å². The highest BCUT2D eigenvalue weighted by Crippen LogP contribution is 2.34. The lowest BCUT2D eigenvalue weighted by molar-refractivity contribution is 0.0697. The summed E-state index contributed by atoms with van der Waals surface area (Å²) in [4.78, 5) is 24.9. The van der Waals surface area contributed by atoms with Gasteiger partial charge in [-0.25, -0.2) is 4.79 Å². The van der Waals surface area contributed by atoms with E-state index < -0.39 is 5.97 Å². The van der Waals surface area contributed by atoms with Crippen LogP contribution in [0.1, 0.15) is 31.2 Å². The van der Waals surface area contributed by atoms with E-state index in [1.807, 2.05) is 13.8 Å². The predicted octanol–water partition coefficient (Wildman–Crippen LogP) is 3.33. The molecule has 0 atom stereocenters. The Morgan fingerprint density at radius 2 is 1.70 bits per heavy atom. The fourth-order valence-corrected chi connectivity index (χ4v) is 2.95. The molecule has 0 radical (unpaired) electrons. The summed E-state index contributed by atoms with van der Waals surface area (Å²) in [6.45, 7) is 3.78. The molecule has 0 unspecified atom stereocenters. The average Bonchev–Trinajstić information content (AvgIpc) is 2.86. The molecule has 2 rings (SSSR count). The van der Waals surface area contributed by atoms with Crippen LogP contribution < -0.4 is 14.8 Å². The number of carbonyl (C=O) groups is 2. The molecule has 2 N–H and O–H groups in total. The minimum absolute atomic E-state index is 0.0689. The van der Waals surface area contributed by atoms with Crippen molar-refractivity contribution in [1.82, 2.24) is 0 Å². The lowest BCUT2D eigenvalue weighted by Gasteiger charge is -2.13. The molecule has 1 amide bonds. The molecule has 0 saturated carbocycles. The van der Waals surface area contributed by atoms with E-state index in [-0.39, 0.29) is 22.9 Å². The normalized spacial score (nSPS) is 10.3. The van der Waals surface area contributed by atoms with Crippen LogP contribution in [-0.4, -0.2) is 31.2 Å². The number of aryl methyl sites for hydroxylation is 1. The number of anilines is 1. The van der Waals surface area contributed by atoms with E-state index in [2.05, 4.69) is 5.32 Å². The number of carboxylic acid groups (broad SMARTS) is 1. The number of hydrogen-bond donors (Lipinski definition) is 2. The second-order valence-corrected chi connectivity index (χ2v) is 5.93. The fourth-order valence-electron chi connectivity index (χ4n) is 2.09. The highest BCUT2D eigenvalue weighted by atomic mass is 32.1. The number of carboxylic acids is 1. The zero-order valence-electron chi connectivity index (χ0n) is 13.2. The van der Waals surface area contributed by atoms with Gasteiger partial charge in [0.05, 0.1) is 31.0 Å². The monoisotopic (exact) mass is 335 g/mol. The lowest BCUT2D eigenvalue weighted by atomic mass is 10.1. The smallest absolute Gasteiger partial charge is 0.337 e. The zero-order chi connectivity index (χ0) is 17.1. The Kier molecular flexibility index (Phi) is 4.90. The van der Waals surface area contributed by atoms with Gasteiger partial charge in [-0.05, 0) is 19.4 Å². The van der Waals surface area contributed by atoms with E-state index in [0.29, 0.717) is 11.3 Å². The van der Waals surface area contributed by atoms with Crippen molar-refractivity contribution in [2.75, 3.05) is 19.5 Å². The third-order valence-corrected chi connectivity index (χ3v) is 4.55. The fraction of sp³-hybridized carbons (Fsp3) is 0.250. The van der Waals surface area contributed by atoms with Gasteiger partial charge in [0.1, 0.15) is 0 Å². The van der Waals surface area contributed by atoms with Gasteiger partial charge in [-0.15, -0.1) is 11.3 Å². The molecule has 7 heteroatoms. The summed E-state index contributed by atoms with van der Waals surface area (Å²) in [7, 11) is 2.86. The molecule has 0 aliphatic rings. The van der Waals surface area contributed by atoms with Crippen molar-refractivity contribution in [3.8, 4) is 11.5 Å². The van der Waals surface area contributed by atoms with Crippen molar-refractivity contribution in [2.24, 2.45) is 0 Å². The highest BCUT2D eigenvalue weighted by molar-refractivity contribution is 7.10. The van der Waals surface area contributed by atoms with Gasteiger partial charge in [0.25, 0.3) is 5.91 Å². The maximum absolute atomic E-state index is 12.4. The number of benzene rings is 1. The zero-order valence-corrected chi connectivity index (χ0v) is 14.0. The number of ether oxygens (including phenoxy) is 2. The topological polar surface area (TPSA) is 84.9 Å². The summed E-state index contributed by atoms with van der Waals surface area (Å²) in [6, 6.07) is 2.76. The number of rotatable bonds is 5. The molecular weight excluding hydrogens is 318 g/mol. The Morgan fingerprint density at radius 1 is 1.09 bits per heavy atom. The molecular formula is C16H17NO5S. The summed E-state index contributed by atoms with van der Waals surface area (Å²) in [5, 5.41) is 13.7. The molecule has 1 aromatic carbocycles. The predicted molar refractivity (Wildman–Crippen MR) is 88.3 cm³/mol. The molecule has 0 fully saturated rings. The Labute approximate surface area is 137 Å². The van der Waals surface area contributed by atoms with Crippen LogP contribution in [0.4, 0.5) is 5.69 Å². The maximum Gasteiger partial charge on any atom is 0.337 e. The van der Waals surface area contributed by atoms with E-state index in [9.17, 15) is 14.7 Å². The molecule has 0 bridgehead atoms. The van der Waals surface area contributed by atoms with Gasteiger partial charge in [0.2, 0.25) is 0 Å². The first-order valence-electron chi connectivity index (χ1n) is 6.74. The van der Waals surface area contributed by atoms with Crippen LogP contribution in [0, 0.1) is 13.8 Å². The van der Waals surface area contributed by atoms with Gasteiger partial charge in [-0.2, -0.15) is 0 Å². The quantitative estimate of drug-likeness (QED) is 0.875. The Morgan fingerprint density at radius 3 is 2.17 bits per heavy atom. The van der Waals surface area contributed by atoms with Crippen LogP contribution >= 0.6 is 11.3 Å². The van der Waals surface area contributed by atoms with E-state index in [4.69, 9.17) is 9.47 Å². The molecule has 0 aliphatic heterocycles. The molecule has 0 saturated heterocycles. The van der Waals surface area contributed by atoms with Crippen molar-refractivity contribution < 1.29 is 24.2 Å². The summed E-state index contributed by atoms with van der Waals surface area (Å²) in [5.74, 6) is -0.905. The van der Waals surface area contributed by atoms with Crippen LogP contribution in [0.25, 0.3) is 0 Å². The van der Waals surface area contributed by atoms with E-state index in [1.165, 1.54) is 37.7 Å². The second kappa shape index (κ2) is 6.70. The third-order valence-electron chi connectivity index (χ3n) is 3.53. The minimum atomic E-state index is -1.17. The first-order valence-corrected chi connectivity index (χ1v) is 7.62. The van der Waals surface area contributed by atoms with Crippen LogP contribution in [0.5, 0.6) is 11.5 Å². The number of methoxy groups -OCH3 is 2. The van der Waals surface area contributed by atoms with Crippen molar-refractivity contribution in [2.45, 2.75) is 13.8 Å². The largest absolute Gasteiger partial charge is 0.493 e. The van der Waals surface area contributed by atoms with Gasteiger partial charge >= 0.3 is 5.97 Å². The summed E-state index contributed by atoms with van der Waals surface area (Å²) >= 11 is 1.47.